The molecule has 38 heavy (non-hydrogen) atoms. The van der Waals surface area contributed by atoms with Crippen LogP contribution in [0.5, 0.6) is 0 Å². The fraction of sp³-hybridized carbons (Fsp3) is 0.647. The molecule has 0 radical (unpaired) electrons. The minimum absolute atomic E-state index is 0.0526. The fourth-order valence-corrected chi connectivity index (χ4v) is 5.07. The summed E-state index contributed by atoms with van der Waals surface area (Å²) in [6.45, 7) is 2.28. The highest BCUT2D eigenvalue weighted by Gasteiger charge is 2.05. The van der Waals surface area contributed by atoms with E-state index in [0.29, 0.717) is 10.4 Å². The first-order chi connectivity index (χ1) is 18.7. The quantitative estimate of drug-likeness (QED) is 0.154. The second-order valence-corrected chi connectivity index (χ2v) is 10.5. The molecule has 0 saturated heterocycles. The summed E-state index contributed by atoms with van der Waals surface area (Å²) in [5.74, 6) is 0. The summed E-state index contributed by atoms with van der Waals surface area (Å²) in [7, 11) is 0. The maximum Gasteiger partial charge on any atom is 0.137 e. The first-order valence-corrected chi connectivity index (χ1v) is 15.2. The van der Waals surface area contributed by atoms with Gasteiger partial charge in [-0.2, -0.15) is 21.0 Å². The molecule has 0 unspecified atom stereocenters. The maximum absolute atomic E-state index is 9.30. The van der Waals surface area contributed by atoms with Gasteiger partial charge in [-0.3, -0.25) is 0 Å². The molecule has 0 bridgehead atoms. The third kappa shape index (κ3) is 14.6. The normalized spacial score (nSPS) is 10.2. The second kappa shape index (κ2) is 23.1. The number of hydrogen-bond donors (Lipinski definition) is 0. The molecule has 0 aliphatic carbocycles. The second-order valence-electron chi connectivity index (χ2n) is 10.5. The Morgan fingerprint density at radius 1 is 0.500 bits per heavy atom. The highest BCUT2D eigenvalue weighted by molar-refractivity contribution is 5.75. The third-order valence-electron chi connectivity index (χ3n) is 7.41. The number of benzene rings is 1. The monoisotopic (exact) mass is 512 g/mol. The molecule has 0 aromatic heterocycles. The molecule has 0 aliphatic heterocycles. The van der Waals surface area contributed by atoms with Gasteiger partial charge in [-0.1, -0.05) is 141 Å². The molecule has 1 aromatic carbocycles. The van der Waals surface area contributed by atoms with Gasteiger partial charge in [0.1, 0.15) is 35.4 Å². The van der Waals surface area contributed by atoms with Crippen LogP contribution < -0.4 is 10.4 Å². The van der Waals surface area contributed by atoms with Gasteiger partial charge in [-0.05, 0) is 24.5 Å². The summed E-state index contributed by atoms with van der Waals surface area (Å²) in [5.41, 5.74) is 0.998. The summed E-state index contributed by atoms with van der Waals surface area (Å²) < 4.78 is 0. The minimum Gasteiger partial charge on any atom is -0.192 e. The predicted octanol–water partition coefficient (Wildman–Crippen LogP) is 8.45. The van der Waals surface area contributed by atoms with Crippen LogP contribution in [0.25, 0.3) is 11.1 Å². The Labute approximate surface area is 232 Å². The first-order valence-electron chi connectivity index (χ1n) is 15.2. The molecule has 1 rings (SSSR count). The average molecular weight is 513 g/mol. The van der Waals surface area contributed by atoms with Crippen LogP contribution in [0.15, 0.2) is 18.2 Å². The molecule has 204 valence electrons. The summed E-state index contributed by atoms with van der Waals surface area (Å²) in [4.78, 5) is 0. The number of unbranched alkanes of at least 4 members (excludes halogenated alkanes) is 19. The van der Waals surface area contributed by atoms with E-state index < -0.39 is 0 Å². The minimum atomic E-state index is 0.0526. The summed E-state index contributed by atoms with van der Waals surface area (Å²) in [5, 5.41) is 38.1. The maximum atomic E-state index is 9.30. The van der Waals surface area contributed by atoms with E-state index in [0.717, 1.165) is 24.8 Å². The fourth-order valence-electron chi connectivity index (χ4n) is 5.07. The molecular formula is C34H48N4. The molecule has 0 aliphatic rings. The van der Waals surface area contributed by atoms with Crippen molar-refractivity contribution < 1.29 is 0 Å². The average Bonchev–Trinajstić information content (AvgIpc) is 2.94. The molecule has 1 aromatic rings. The van der Waals surface area contributed by atoms with E-state index in [2.05, 4.69) is 6.92 Å². The van der Waals surface area contributed by atoms with Crippen molar-refractivity contribution in [1.82, 2.24) is 0 Å². The van der Waals surface area contributed by atoms with Crippen LogP contribution in [0.4, 0.5) is 0 Å². The van der Waals surface area contributed by atoms with Crippen LogP contribution >= 0.6 is 0 Å². The Morgan fingerprint density at radius 3 is 1.24 bits per heavy atom. The van der Waals surface area contributed by atoms with Crippen molar-refractivity contribution in [3.8, 4) is 24.3 Å². The Bertz CT molecular complexity index is 1040. The molecule has 4 heteroatoms. The Balaban J connectivity index is 2.15. The van der Waals surface area contributed by atoms with Gasteiger partial charge in [0, 0.05) is 10.4 Å². The van der Waals surface area contributed by atoms with Crippen LogP contribution in [-0.4, -0.2) is 0 Å². The number of nitriles is 4. The van der Waals surface area contributed by atoms with Crippen molar-refractivity contribution >= 4 is 11.1 Å². The van der Waals surface area contributed by atoms with Crippen LogP contribution in [-0.2, 0) is 6.42 Å². The predicted molar refractivity (Wildman–Crippen MR) is 157 cm³/mol. The lowest BCUT2D eigenvalue weighted by Crippen LogP contribution is -2.18. The first kappa shape index (κ1) is 32.9. The van der Waals surface area contributed by atoms with Gasteiger partial charge in [0.05, 0.1) is 0 Å². The van der Waals surface area contributed by atoms with Gasteiger partial charge in [0.2, 0.25) is 0 Å². The molecule has 0 heterocycles. The van der Waals surface area contributed by atoms with E-state index in [1.807, 2.05) is 24.3 Å². The van der Waals surface area contributed by atoms with Crippen LogP contribution in [0.2, 0.25) is 0 Å². The number of rotatable bonds is 21. The Hall–Kier alpha value is -3.08. The third-order valence-corrected chi connectivity index (χ3v) is 7.41. The molecule has 0 amide bonds. The van der Waals surface area contributed by atoms with Gasteiger partial charge < -0.3 is 0 Å². The van der Waals surface area contributed by atoms with Crippen LogP contribution in [0.3, 0.4) is 0 Å². The zero-order valence-electron chi connectivity index (χ0n) is 23.9. The highest BCUT2D eigenvalue weighted by Crippen LogP contribution is 2.15. The SMILES string of the molecule is CCCCCCCCCCCCCCCCCCCCCCc1cc(=C(C#N)C#N)ccc1=C(C#N)C#N. The number of hydrogen-bond acceptors (Lipinski definition) is 4. The van der Waals surface area contributed by atoms with Crippen LogP contribution in [0.1, 0.15) is 141 Å². The number of nitrogens with zero attached hydrogens (tertiary/aromatic N) is 4. The van der Waals surface area contributed by atoms with E-state index in [1.165, 1.54) is 116 Å². The standard InChI is InChI=1S/C34H48N4/c1-2-3-4-5-6-7-8-9-10-11-12-13-14-15-16-17-18-19-20-21-22-31-25-30(32(26-35)27-36)23-24-34(31)33(28-37)29-38/h23-25H,2-22H2,1H3. The van der Waals surface area contributed by atoms with Crippen molar-refractivity contribution in [2.45, 2.75) is 142 Å². The van der Waals surface area contributed by atoms with Crippen LogP contribution in [0, 0.1) is 45.3 Å². The Morgan fingerprint density at radius 2 is 0.868 bits per heavy atom. The lowest BCUT2D eigenvalue weighted by molar-refractivity contribution is 0.521. The largest absolute Gasteiger partial charge is 0.192 e. The highest BCUT2D eigenvalue weighted by atomic mass is 14.3. The van der Waals surface area contributed by atoms with E-state index in [4.69, 9.17) is 0 Å². The van der Waals surface area contributed by atoms with Crippen molar-refractivity contribution in [3.05, 3.63) is 34.2 Å². The molecule has 0 saturated carbocycles. The van der Waals surface area contributed by atoms with Gasteiger partial charge in [-0.25, -0.2) is 0 Å². The molecule has 0 spiro atoms. The van der Waals surface area contributed by atoms with Crippen molar-refractivity contribution in [1.29, 1.82) is 21.0 Å². The van der Waals surface area contributed by atoms with Gasteiger partial charge >= 0.3 is 0 Å². The summed E-state index contributed by atoms with van der Waals surface area (Å²) in [6, 6.07) is 12.9. The molecule has 0 fully saturated rings. The summed E-state index contributed by atoms with van der Waals surface area (Å²) in [6.07, 6.45) is 27.5. The smallest absolute Gasteiger partial charge is 0.137 e. The van der Waals surface area contributed by atoms with Crippen molar-refractivity contribution in [2.24, 2.45) is 0 Å². The molecule has 0 atom stereocenters. The van der Waals surface area contributed by atoms with Gasteiger partial charge in [0.25, 0.3) is 0 Å². The van der Waals surface area contributed by atoms with E-state index >= 15 is 0 Å². The lowest BCUT2D eigenvalue weighted by atomic mass is 9.99. The van der Waals surface area contributed by atoms with Crippen molar-refractivity contribution in [3.63, 3.8) is 0 Å². The Kier molecular flexibility index (Phi) is 20.0. The zero-order chi connectivity index (χ0) is 27.7. The van der Waals surface area contributed by atoms with E-state index in [1.54, 1.807) is 18.2 Å². The van der Waals surface area contributed by atoms with Gasteiger partial charge in [-0.15, -0.1) is 0 Å². The summed E-state index contributed by atoms with van der Waals surface area (Å²) >= 11 is 0. The molecule has 0 N–H and O–H groups in total. The zero-order valence-corrected chi connectivity index (χ0v) is 23.9. The topological polar surface area (TPSA) is 95.2 Å². The molecule has 4 nitrogen and oxygen atoms in total. The van der Waals surface area contributed by atoms with Gasteiger partial charge in [0.15, 0.2) is 0 Å². The van der Waals surface area contributed by atoms with E-state index in [-0.39, 0.29) is 11.1 Å². The number of aryl methyl sites for hydroxylation is 1. The van der Waals surface area contributed by atoms with Crippen molar-refractivity contribution in [2.75, 3.05) is 0 Å². The lowest BCUT2D eigenvalue weighted by Gasteiger charge is -2.05. The molecular weight excluding hydrogens is 464 g/mol. The van der Waals surface area contributed by atoms with E-state index in [9.17, 15) is 21.0 Å².